The fourth-order valence-corrected chi connectivity index (χ4v) is 3.24. The third-order valence-electron chi connectivity index (χ3n) is 4.65. The van der Waals surface area contributed by atoms with Gasteiger partial charge in [0.1, 0.15) is 0 Å². The molecule has 134 valence electrons. The van der Waals surface area contributed by atoms with Crippen molar-refractivity contribution in [3.63, 3.8) is 0 Å². The Balaban J connectivity index is 1.78. The fraction of sp³-hybridized carbons (Fsp3) is 0.136. The Labute approximate surface area is 158 Å². The summed E-state index contributed by atoms with van der Waals surface area (Å²) in [7, 11) is 0. The maximum atomic E-state index is 6.16. The first-order valence-corrected chi connectivity index (χ1v) is 8.93. The molecule has 0 fully saturated rings. The number of fused-ring (bicyclic) bond motifs is 1. The van der Waals surface area contributed by atoms with E-state index in [0.717, 1.165) is 33.4 Å². The van der Waals surface area contributed by atoms with Gasteiger partial charge < -0.3 is 11.1 Å². The molecule has 5 nitrogen and oxygen atoms in total. The van der Waals surface area contributed by atoms with E-state index in [9.17, 15) is 0 Å². The number of benzene rings is 2. The summed E-state index contributed by atoms with van der Waals surface area (Å²) in [6, 6.07) is 20.3. The standard InChI is InChI=1S/C22H21N5/c1-14(16-8-4-3-5-9-16)26-22-21(23)25-15(2)20(27-22)18-10-6-12-19-17(18)11-7-13-24-19/h3-14H,1-2H3,(H2,23,25)(H,26,27)/t14-/m1/s1. The van der Waals surface area contributed by atoms with E-state index in [1.165, 1.54) is 0 Å². The lowest BCUT2D eigenvalue weighted by molar-refractivity contribution is 0.872. The molecule has 27 heavy (non-hydrogen) atoms. The molecule has 3 N–H and O–H groups in total. The Morgan fingerprint density at radius 1 is 0.926 bits per heavy atom. The molecule has 1 atom stereocenters. The van der Waals surface area contributed by atoms with Crippen LogP contribution in [0, 0.1) is 6.92 Å². The van der Waals surface area contributed by atoms with Crippen LogP contribution in [0.2, 0.25) is 0 Å². The van der Waals surface area contributed by atoms with Crippen LogP contribution in [-0.2, 0) is 0 Å². The van der Waals surface area contributed by atoms with E-state index in [4.69, 9.17) is 10.7 Å². The van der Waals surface area contributed by atoms with Crippen molar-refractivity contribution in [2.45, 2.75) is 19.9 Å². The number of aromatic nitrogens is 3. The van der Waals surface area contributed by atoms with E-state index in [1.807, 2.05) is 49.4 Å². The Hall–Kier alpha value is -3.47. The van der Waals surface area contributed by atoms with Crippen LogP contribution in [0.3, 0.4) is 0 Å². The molecule has 0 aliphatic heterocycles. The molecular formula is C22H21N5. The van der Waals surface area contributed by atoms with E-state index >= 15 is 0 Å². The molecule has 2 aromatic heterocycles. The van der Waals surface area contributed by atoms with Crippen molar-refractivity contribution in [2.24, 2.45) is 0 Å². The smallest absolute Gasteiger partial charge is 0.170 e. The minimum atomic E-state index is 0.0625. The van der Waals surface area contributed by atoms with Gasteiger partial charge in [-0.2, -0.15) is 0 Å². The van der Waals surface area contributed by atoms with Crippen molar-refractivity contribution in [3.8, 4) is 11.3 Å². The highest BCUT2D eigenvalue weighted by molar-refractivity contribution is 5.94. The molecule has 0 amide bonds. The fourth-order valence-electron chi connectivity index (χ4n) is 3.24. The molecule has 0 aliphatic rings. The lowest BCUT2D eigenvalue weighted by Gasteiger charge is -2.18. The number of anilines is 2. The Bertz CT molecular complexity index is 1090. The van der Waals surface area contributed by atoms with Crippen molar-refractivity contribution in [1.82, 2.24) is 15.0 Å². The van der Waals surface area contributed by atoms with E-state index in [2.05, 4.69) is 40.4 Å². The normalized spacial score (nSPS) is 12.1. The van der Waals surface area contributed by atoms with Gasteiger partial charge in [-0.1, -0.05) is 48.5 Å². The van der Waals surface area contributed by atoms with Crippen LogP contribution < -0.4 is 11.1 Å². The van der Waals surface area contributed by atoms with Gasteiger partial charge in [0.15, 0.2) is 11.6 Å². The predicted molar refractivity (Wildman–Crippen MR) is 110 cm³/mol. The number of rotatable bonds is 4. The lowest BCUT2D eigenvalue weighted by Crippen LogP contribution is -2.12. The lowest BCUT2D eigenvalue weighted by atomic mass is 10.0. The number of nitrogens with zero attached hydrogens (tertiary/aromatic N) is 3. The molecule has 0 aliphatic carbocycles. The summed E-state index contributed by atoms with van der Waals surface area (Å²) < 4.78 is 0. The number of nitrogens with one attached hydrogen (secondary N) is 1. The van der Waals surface area contributed by atoms with Crippen molar-refractivity contribution in [2.75, 3.05) is 11.1 Å². The third-order valence-corrected chi connectivity index (χ3v) is 4.65. The zero-order chi connectivity index (χ0) is 18.8. The van der Waals surface area contributed by atoms with Crippen LogP contribution in [0.5, 0.6) is 0 Å². The number of hydrogen-bond acceptors (Lipinski definition) is 5. The van der Waals surface area contributed by atoms with Gasteiger partial charge in [-0.05, 0) is 31.5 Å². The third kappa shape index (κ3) is 3.31. The van der Waals surface area contributed by atoms with Gasteiger partial charge in [0.05, 0.1) is 22.9 Å². The molecule has 0 saturated carbocycles. The highest BCUT2D eigenvalue weighted by Crippen LogP contribution is 2.31. The molecule has 4 rings (SSSR count). The maximum absolute atomic E-state index is 6.16. The number of pyridine rings is 1. The molecule has 4 aromatic rings. The van der Waals surface area contributed by atoms with Crippen molar-refractivity contribution in [1.29, 1.82) is 0 Å². The molecule has 0 bridgehead atoms. The van der Waals surface area contributed by atoms with Gasteiger partial charge in [-0.3, -0.25) is 4.98 Å². The average molecular weight is 355 g/mol. The number of aryl methyl sites for hydroxylation is 1. The van der Waals surface area contributed by atoms with Crippen molar-refractivity contribution < 1.29 is 0 Å². The maximum Gasteiger partial charge on any atom is 0.170 e. The number of nitrogens with two attached hydrogens (primary N) is 1. The monoisotopic (exact) mass is 355 g/mol. The second-order valence-electron chi connectivity index (χ2n) is 6.54. The van der Waals surface area contributed by atoms with E-state index in [1.54, 1.807) is 6.20 Å². The zero-order valence-electron chi connectivity index (χ0n) is 15.3. The minimum Gasteiger partial charge on any atom is -0.381 e. The van der Waals surface area contributed by atoms with Gasteiger partial charge in [0.25, 0.3) is 0 Å². The molecule has 5 heteroatoms. The number of hydrogen-bond donors (Lipinski definition) is 2. The summed E-state index contributed by atoms with van der Waals surface area (Å²) in [5.41, 5.74) is 10.9. The van der Waals surface area contributed by atoms with Crippen molar-refractivity contribution in [3.05, 3.63) is 78.1 Å². The second-order valence-corrected chi connectivity index (χ2v) is 6.54. The van der Waals surface area contributed by atoms with Crippen LogP contribution in [0.4, 0.5) is 11.6 Å². The van der Waals surface area contributed by atoms with Crippen LogP contribution in [0.15, 0.2) is 66.9 Å². The molecule has 0 unspecified atom stereocenters. The number of nitrogen functional groups attached to an aromatic ring is 1. The Kier molecular flexibility index (Phi) is 4.42. The molecule has 0 spiro atoms. The summed E-state index contributed by atoms with van der Waals surface area (Å²) in [4.78, 5) is 13.8. The van der Waals surface area contributed by atoms with Gasteiger partial charge in [0, 0.05) is 17.1 Å². The molecule has 0 radical (unpaired) electrons. The first-order chi connectivity index (χ1) is 13.1. The van der Waals surface area contributed by atoms with Gasteiger partial charge in [-0.25, -0.2) is 9.97 Å². The molecule has 2 heterocycles. The van der Waals surface area contributed by atoms with Gasteiger partial charge in [0.2, 0.25) is 0 Å². The Morgan fingerprint density at radius 3 is 2.56 bits per heavy atom. The largest absolute Gasteiger partial charge is 0.381 e. The van der Waals surface area contributed by atoms with E-state index < -0.39 is 0 Å². The van der Waals surface area contributed by atoms with Crippen LogP contribution in [0.1, 0.15) is 24.2 Å². The average Bonchev–Trinajstić information content (AvgIpc) is 2.70. The minimum absolute atomic E-state index is 0.0625. The molecule has 0 saturated heterocycles. The topological polar surface area (TPSA) is 76.7 Å². The highest BCUT2D eigenvalue weighted by Gasteiger charge is 2.15. The summed E-state index contributed by atoms with van der Waals surface area (Å²) in [5, 5.41) is 4.44. The van der Waals surface area contributed by atoms with Crippen molar-refractivity contribution >= 4 is 22.5 Å². The summed E-state index contributed by atoms with van der Waals surface area (Å²) in [6.45, 7) is 4.01. The van der Waals surface area contributed by atoms with Crippen LogP contribution >= 0.6 is 0 Å². The predicted octanol–water partition coefficient (Wildman–Crippen LogP) is 4.76. The first-order valence-electron chi connectivity index (χ1n) is 8.93. The summed E-state index contributed by atoms with van der Waals surface area (Å²) in [6.07, 6.45) is 1.79. The summed E-state index contributed by atoms with van der Waals surface area (Å²) in [5.74, 6) is 0.991. The Morgan fingerprint density at radius 2 is 1.74 bits per heavy atom. The van der Waals surface area contributed by atoms with Gasteiger partial charge >= 0.3 is 0 Å². The summed E-state index contributed by atoms with van der Waals surface area (Å²) >= 11 is 0. The molecule has 2 aromatic carbocycles. The van der Waals surface area contributed by atoms with Gasteiger partial charge in [-0.15, -0.1) is 0 Å². The van der Waals surface area contributed by atoms with E-state index in [0.29, 0.717) is 11.6 Å². The molecular weight excluding hydrogens is 334 g/mol. The zero-order valence-corrected chi connectivity index (χ0v) is 15.3. The van der Waals surface area contributed by atoms with E-state index in [-0.39, 0.29) is 6.04 Å². The quantitative estimate of drug-likeness (QED) is 0.552. The highest BCUT2D eigenvalue weighted by atomic mass is 15.1. The van der Waals surface area contributed by atoms with Crippen LogP contribution in [0.25, 0.3) is 22.2 Å². The SMILES string of the molecule is Cc1nc(N)c(N[C@H](C)c2ccccc2)nc1-c1cccc2ncccc12. The first kappa shape index (κ1) is 17.0. The second kappa shape index (κ2) is 7.03. The van der Waals surface area contributed by atoms with Crippen LogP contribution in [-0.4, -0.2) is 15.0 Å².